The van der Waals surface area contributed by atoms with Crippen LogP contribution in [0, 0.1) is 0 Å². The smallest absolute Gasteiger partial charge is 0.176 e. The van der Waals surface area contributed by atoms with Gasteiger partial charge in [0, 0.05) is 5.41 Å². The van der Waals surface area contributed by atoms with Crippen LogP contribution < -0.4 is 0 Å². The molecule has 1 aliphatic rings. The van der Waals surface area contributed by atoms with Crippen molar-refractivity contribution < 1.29 is 8.42 Å². The molecular formula is C10H14O2S. The van der Waals surface area contributed by atoms with Crippen LogP contribution >= 0.6 is 0 Å². The Balaban J connectivity index is 2.96. The molecule has 2 nitrogen and oxygen atoms in total. The predicted octanol–water partition coefficient (Wildman–Crippen LogP) is 2.21. The molecule has 0 aliphatic carbocycles. The first-order valence-electron chi connectivity index (χ1n) is 4.16. The predicted molar refractivity (Wildman–Crippen MR) is 55.1 cm³/mol. The van der Waals surface area contributed by atoms with E-state index in [9.17, 15) is 8.42 Å². The average Bonchev–Trinajstić information content (AvgIpc) is 2.20. The van der Waals surface area contributed by atoms with Gasteiger partial charge in [-0.15, -0.1) is 0 Å². The van der Waals surface area contributed by atoms with Gasteiger partial charge >= 0.3 is 0 Å². The molecule has 3 heteroatoms. The van der Waals surface area contributed by atoms with Gasteiger partial charge in [0.1, 0.15) is 0 Å². The van der Waals surface area contributed by atoms with Gasteiger partial charge in [-0.25, -0.2) is 8.42 Å². The topological polar surface area (TPSA) is 34.1 Å². The van der Waals surface area contributed by atoms with Crippen LogP contribution in [0.3, 0.4) is 0 Å². The van der Waals surface area contributed by atoms with Crippen molar-refractivity contribution >= 4 is 9.84 Å². The molecule has 72 valence electrons. The first-order chi connectivity index (χ1) is 5.91. The van der Waals surface area contributed by atoms with Crippen LogP contribution in [-0.4, -0.2) is 14.2 Å². The van der Waals surface area contributed by atoms with Crippen molar-refractivity contribution in [1.29, 1.82) is 0 Å². The minimum atomic E-state index is -2.95. The van der Waals surface area contributed by atoms with Crippen LogP contribution in [0.1, 0.15) is 20.8 Å². The second-order valence-electron chi connectivity index (χ2n) is 3.54. The van der Waals surface area contributed by atoms with E-state index in [0.29, 0.717) is 0 Å². The molecule has 0 aromatic carbocycles. The molecule has 0 atom stereocenters. The summed E-state index contributed by atoms with van der Waals surface area (Å²) in [4.78, 5) is 0. The zero-order chi connectivity index (χ0) is 10.1. The second-order valence-corrected chi connectivity index (χ2v) is 5.39. The van der Waals surface area contributed by atoms with Crippen molar-refractivity contribution in [2.45, 2.75) is 20.8 Å². The Bertz CT molecular complexity index is 391. The summed E-state index contributed by atoms with van der Waals surface area (Å²) in [5.41, 5.74) is 2.93. The standard InChI is InChI=1S/C10H14O2S/c1-8(2)4-5-10-7-13(11,12)6-9(10)3/h4-6H,7H2,1-3H3/b10-5-. The monoisotopic (exact) mass is 198 g/mol. The molecule has 13 heavy (non-hydrogen) atoms. The minimum Gasteiger partial charge on any atom is -0.224 e. The molecule has 0 radical (unpaired) electrons. The van der Waals surface area contributed by atoms with E-state index < -0.39 is 9.84 Å². The van der Waals surface area contributed by atoms with E-state index >= 15 is 0 Å². The van der Waals surface area contributed by atoms with Gasteiger partial charge in [-0.05, 0) is 31.9 Å². The molecule has 0 fully saturated rings. The van der Waals surface area contributed by atoms with Gasteiger partial charge < -0.3 is 0 Å². The number of allylic oxidation sites excluding steroid dienone is 4. The molecule has 0 unspecified atom stereocenters. The Morgan fingerprint density at radius 3 is 2.46 bits per heavy atom. The lowest BCUT2D eigenvalue weighted by molar-refractivity contribution is 0.608. The summed E-state index contributed by atoms with van der Waals surface area (Å²) < 4.78 is 22.3. The molecule has 1 rings (SSSR count). The normalized spacial score (nSPS) is 23.0. The van der Waals surface area contributed by atoms with E-state index in [2.05, 4.69) is 0 Å². The number of hydrogen-bond acceptors (Lipinski definition) is 2. The summed E-state index contributed by atoms with van der Waals surface area (Å²) in [7, 11) is -2.95. The Morgan fingerprint density at radius 2 is 2.08 bits per heavy atom. The van der Waals surface area contributed by atoms with Crippen LogP contribution in [0.4, 0.5) is 0 Å². The number of hydrogen-bond donors (Lipinski definition) is 0. The Labute approximate surface area is 79.6 Å². The van der Waals surface area contributed by atoms with Crippen LogP contribution in [-0.2, 0) is 9.84 Å². The summed E-state index contributed by atoms with van der Waals surface area (Å²) in [5, 5.41) is 1.34. The summed E-state index contributed by atoms with van der Waals surface area (Å²) >= 11 is 0. The summed E-state index contributed by atoms with van der Waals surface area (Å²) in [6.07, 6.45) is 3.82. The van der Waals surface area contributed by atoms with Crippen molar-refractivity contribution in [1.82, 2.24) is 0 Å². The third kappa shape index (κ3) is 2.84. The van der Waals surface area contributed by atoms with Gasteiger partial charge in [0.05, 0.1) is 5.75 Å². The number of sulfone groups is 1. The van der Waals surface area contributed by atoms with Gasteiger partial charge in [-0.2, -0.15) is 0 Å². The average molecular weight is 198 g/mol. The highest BCUT2D eigenvalue weighted by Gasteiger charge is 2.19. The SMILES string of the molecule is CC(C)=C/C=C1/CS(=O)(=O)C=C1C. The second kappa shape index (κ2) is 3.50. The zero-order valence-electron chi connectivity index (χ0n) is 8.16. The van der Waals surface area contributed by atoms with Crippen LogP contribution in [0.15, 0.2) is 34.3 Å². The molecule has 0 amide bonds. The third-order valence-corrected chi connectivity index (χ3v) is 3.26. The first-order valence-corrected chi connectivity index (χ1v) is 5.88. The van der Waals surface area contributed by atoms with Crippen molar-refractivity contribution in [2.75, 3.05) is 5.75 Å². The Hall–Kier alpha value is -0.830. The lowest BCUT2D eigenvalue weighted by Crippen LogP contribution is -1.96. The largest absolute Gasteiger partial charge is 0.224 e. The molecular weight excluding hydrogens is 184 g/mol. The fourth-order valence-electron chi connectivity index (χ4n) is 1.16. The van der Waals surface area contributed by atoms with Crippen molar-refractivity contribution in [3.8, 4) is 0 Å². The Kier molecular flexibility index (Phi) is 2.76. The summed E-state index contributed by atoms with van der Waals surface area (Å²) in [5.74, 6) is 0.155. The van der Waals surface area contributed by atoms with E-state index in [-0.39, 0.29) is 5.75 Å². The maximum atomic E-state index is 11.2. The van der Waals surface area contributed by atoms with Gasteiger partial charge in [-0.1, -0.05) is 17.7 Å². The lowest BCUT2D eigenvalue weighted by atomic mass is 10.1. The molecule has 1 heterocycles. The number of rotatable bonds is 1. The molecule has 0 saturated heterocycles. The molecule has 0 aromatic rings. The molecule has 0 bridgehead atoms. The van der Waals surface area contributed by atoms with Crippen molar-refractivity contribution in [3.05, 3.63) is 34.3 Å². The minimum absolute atomic E-state index is 0.155. The molecule has 0 N–H and O–H groups in total. The highest BCUT2D eigenvalue weighted by atomic mass is 32.2. The fraction of sp³-hybridized carbons (Fsp3) is 0.400. The van der Waals surface area contributed by atoms with Crippen LogP contribution in [0.5, 0.6) is 0 Å². The van der Waals surface area contributed by atoms with Crippen molar-refractivity contribution in [3.63, 3.8) is 0 Å². The highest BCUT2D eigenvalue weighted by Crippen LogP contribution is 2.22. The lowest BCUT2D eigenvalue weighted by Gasteiger charge is -1.94. The zero-order valence-corrected chi connectivity index (χ0v) is 8.98. The van der Waals surface area contributed by atoms with Gasteiger partial charge in [0.25, 0.3) is 0 Å². The van der Waals surface area contributed by atoms with E-state index in [4.69, 9.17) is 0 Å². The summed E-state index contributed by atoms with van der Waals surface area (Å²) in [6, 6.07) is 0. The maximum absolute atomic E-state index is 11.2. The summed E-state index contributed by atoms with van der Waals surface area (Å²) in [6.45, 7) is 5.80. The molecule has 1 aliphatic heterocycles. The first kappa shape index (κ1) is 10.3. The maximum Gasteiger partial charge on any atom is 0.176 e. The Morgan fingerprint density at radius 1 is 1.46 bits per heavy atom. The van der Waals surface area contributed by atoms with E-state index in [1.807, 2.05) is 32.9 Å². The quantitative estimate of drug-likeness (QED) is 0.647. The fourth-order valence-corrected chi connectivity index (χ4v) is 2.69. The van der Waals surface area contributed by atoms with Gasteiger partial charge in [0.15, 0.2) is 9.84 Å². The van der Waals surface area contributed by atoms with Crippen LogP contribution in [0.25, 0.3) is 0 Å². The van der Waals surface area contributed by atoms with Gasteiger partial charge in [-0.3, -0.25) is 0 Å². The molecule has 0 saturated carbocycles. The van der Waals surface area contributed by atoms with Crippen LogP contribution in [0.2, 0.25) is 0 Å². The van der Waals surface area contributed by atoms with Crippen molar-refractivity contribution in [2.24, 2.45) is 0 Å². The highest BCUT2D eigenvalue weighted by molar-refractivity contribution is 7.94. The van der Waals surface area contributed by atoms with E-state index in [1.165, 1.54) is 11.0 Å². The van der Waals surface area contributed by atoms with Gasteiger partial charge in [0.2, 0.25) is 0 Å². The van der Waals surface area contributed by atoms with E-state index in [1.54, 1.807) is 0 Å². The molecule has 0 spiro atoms. The third-order valence-electron chi connectivity index (χ3n) is 1.84. The molecule has 0 aromatic heterocycles. The van der Waals surface area contributed by atoms with E-state index in [0.717, 1.165) is 11.1 Å².